The highest BCUT2D eigenvalue weighted by molar-refractivity contribution is 5.66. The van der Waals surface area contributed by atoms with Gasteiger partial charge in [0.2, 0.25) is 5.69 Å². The molecule has 0 aliphatic heterocycles. The predicted octanol–water partition coefficient (Wildman–Crippen LogP) is 1.37. The van der Waals surface area contributed by atoms with Crippen molar-refractivity contribution in [1.82, 2.24) is 4.68 Å². The summed E-state index contributed by atoms with van der Waals surface area (Å²) in [7, 11) is 4.18. The zero-order chi connectivity index (χ0) is 16.9. The summed E-state index contributed by atoms with van der Waals surface area (Å²) in [5.74, 6) is 0.939. The minimum atomic E-state index is 0. The molecule has 0 spiro atoms. The Morgan fingerprint density at radius 2 is 1.64 bits per heavy atom. The first-order valence-corrected chi connectivity index (χ1v) is 8.55. The number of aromatic nitrogens is 2. The van der Waals surface area contributed by atoms with Gasteiger partial charge < -0.3 is 28.7 Å². The Morgan fingerprint density at radius 1 is 0.960 bits per heavy atom. The van der Waals surface area contributed by atoms with E-state index in [0.717, 1.165) is 25.2 Å². The molecule has 0 aliphatic rings. The molecule has 25 heavy (non-hydrogen) atoms. The second kappa shape index (κ2) is 9.04. The van der Waals surface area contributed by atoms with Gasteiger partial charge in [-0.05, 0) is 42.8 Å². The monoisotopic (exact) mass is 448 g/mol. The molecule has 0 unspecified atom stereocenters. The summed E-state index contributed by atoms with van der Waals surface area (Å²) >= 11 is 0. The van der Waals surface area contributed by atoms with E-state index < -0.39 is 0 Å². The lowest BCUT2D eigenvalue weighted by molar-refractivity contribution is -0.740. The summed E-state index contributed by atoms with van der Waals surface area (Å²) in [5, 5.41) is 0. The minimum Gasteiger partial charge on any atom is -1.00 e. The molecule has 132 valence electrons. The van der Waals surface area contributed by atoms with Gasteiger partial charge in [0.05, 0.1) is 13.7 Å². The van der Waals surface area contributed by atoms with Crippen molar-refractivity contribution >= 4 is 0 Å². The van der Waals surface area contributed by atoms with E-state index in [0.29, 0.717) is 0 Å². The highest BCUT2D eigenvalue weighted by Crippen LogP contribution is 2.26. The first-order chi connectivity index (χ1) is 11.7. The largest absolute Gasteiger partial charge is 1.00 e. The Hall–Kier alpha value is -1.82. The Morgan fingerprint density at radius 3 is 2.28 bits per heavy atom. The fourth-order valence-electron chi connectivity index (χ4n) is 2.85. The van der Waals surface area contributed by atoms with Crippen LogP contribution in [0.3, 0.4) is 0 Å². The number of ether oxygens (including phenoxy) is 1. The van der Waals surface area contributed by atoms with Crippen LogP contribution in [0.2, 0.25) is 0 Å². The van der Waals surface area contributed by atoms with E-state index in [4.69, 9.17) is 4.74 Å². The predicted molar refractivity (Wildman–Crippen MR) is 97.9 cm³/mol. The van der Waals surface area contributed by atoms with E-state index in [1.54, 1.807) is 0 Å². The van der Waals surface area contributed by atoms with Gasteiger partial charge in [-0.25, -0.2) is 0 Å². The summed E-state index contributed by atoms with van der Waals surface area (Å²) in [5.41, 5.74) is 4.81. The van der Waals surface area contributed by atoms with Gasteiger partial charge in [-0.15, -0.1) is 4.68 Å². The molecule has 2 aromatic carbocycles. The standard InChI is InChI=1S/C21H25N2O.HI/c1-4-5-15-24-19-13-11-18(12-14-19)21-16-20(22(2)23(21)3)17-9-7-6-8-10-17;/h6-14,16H,4-5,15H2,1-3H3;1H/q+1;/p-1. The van der Waals surface area contributed by atoms with Crippen LogP contribution in [-0.4, -0.2) is 11.3 Å². The van der Waals surface area contributed by atoms with Crippen LogP contribution < -0.4 is 33.4 Å². The molecule has 4 heteroatoms. The van der Waals surface area contributed by atoms with Crippen molar-refractivity contribution < 1.29 is 33.4 Å². The molecular formula is C21H25IN2O. The first kappa shape index (κ1) is 19.5. The van der Waals surface area contributed by atoms with Crippen LogP contribution in [0.5, 0.6) is 5.75 Å². The second-order valence-corrected chi connectivity index (χ2v) is 6.05. The van der Waals surface area contributed by atoms with E-state index in [-0.39, 0.29) is 24.0 Å². The third-order valence-electron chi connectivity index (χ3n) is 4.41. The third kappa shape index (κ3) is 4.42. The molecule has 0 saturated heterocycles. The van der Waals surface area contributed by atoms with Crippen LogP contribution in [0.25, 0.3) is 22.5 Å². The zero-order valence-corrected chi connectivity index (χ0v) is 17.2. The van der Waals surface area contributed by atoms with Crippen molar-refractivity contribution in [3.8, 4) is 28.3 Å². The maximum atomic E-state index is 5.75. The van der Waals surface area contributed by atoms with Crippen molar-refractivity contribution in [1.29, 1.82) is 0 Å². The van der Waals surface area contributed by atoms with Crippen LogP contribution in [0.4, 0.5) is 0 Å². The van der Waals surface area contributed by atoms with Gasteiger partial charge in [-0.3, -0.25) is 0 Å². The number of halogens is 1. The zero-order valence-electron chi connectivity index (χ0n) is 15.1. The lowest BCUT2D eigenvalue weighted by atomic mass is 10.1. The molecule has 0 atom stereocenters. The third-order valence-corrected chi connectivity index (χ3v) is 4.41. The van der Waals surface area contributed by atoms with Gasteiger partial charge in [0.1, 0.15) is 11.4 Å². The van der Waals surface area contributed by atoms with Crippen molar-refractivity contribution in [3.63, 3.8) is 0 Å². The van der Waals surface area contributed by atoms with Crippen LogP contribution >= 0.6 is 0 Å². The molecule has 1 heterocycles. The molecule has 3 rings (SSSR count). The Labute approximate surface area is 167 Å². The lowest BCUT2D eigenvalue weighted by Gasteiger charge is -2.06. The number of hydrogen-bond acceptors (Lipinski definition) is 1. The topological polar surface area (TPSA) is 18.0 Å². The van der Waals surface area contributed by atoms with E-state index in [9.17, 15) is 0 Å². The molecule has 3 aromatic rings. The smallest absolute Gasteiger partial charge is 0.238 e. The first-order valence-electron chi connectivity index (χ1n) is 8.55. The van der Waals surface area contributed by atoms with Crippen LogP contribution in [0.1, 0.15) is 19.8 Å². The van der Waals surface area contributed by atoms with E-state index in [1.165, 1.54) is 22.5 Å². The molecule has 0 saturated carbocycles. The van der Waals surface area contributed by atoms with Gasteiger partial charge in [-0.1, -0.05) is 31.5 Å². The highest BCUT2D eigenvalue weighted by atomic mass is 127. The maximum absolute atomic E-state index is 5.75. The van der Waals surface area contributed by atoms with Gasteiger partial charge in [-0.2, -0.15) is 4.68 Å². The second-order valence-electron chi connectivity index (χ2n) is 6.05. The Kier molecular flexibility index (Phi) is 7.05. The van der Waals surface area contributed by atoms with Crippen molar-refractivity contribution in [2.24, 2.45) is 14.1 Å². The van der Waals surface area contributed by atoms with E-state index in [1.807, 2.05) is 6.07 Å². The van der Waals surface area contributed by atoms with E-state index in [2.05, 4.69) is 85.0 Å². The van der Waals surface area contributed by atoms with E-state index >= 15 is 0 Å². The molecule has 0 aliphatic carbocycles. The molecule has 0 bridgehead atoms. The number of hydrogen-bond donors (Lipinski definition) is 0. The minimum absolute atomic E-state index is 0. The molecule has 0 fully saturated rings. The summed E-state index contributed by atoms with van der Waals surface area (Å²) in [4.78, 5) is 0. The van der Waals surface area contributed by atoms with Crippen molar-refractivity contribution in [2.75, 3.05) is 6.61 Å². The number of unbranched alkanes of at least 4 members (excludes halogenated alkanes) is 1. The summed E-state index contributed by atoms with van der Waals surface area (Å²) < 4.78 is 10.1. The van der Waals surface area contributed by atoms with Crippen LogP contribution in [0.15, 0.2) is 60.7 Å². The van der Waals surface area contributed by atoms with Gasteiger partial charge in [0.15, 0.2) is 7.05 Å². The molecular weight excluding hydrogens is 423 g/mol. The van der Waals surface area contributed by atoms with Crippen LogP contribution in [-0.2, 0) is 14.1 Å². The molecule has 0 amide bonds. The normalized spacial score (nSPS) is 10.4. The molecule has 0 N–H and O–H groups in total. The number of nitrogens with zero attached hydrogens (tertiary/aromatic N) is 2. The quantitative estimate of drug-likeness (QED) is 0.317. The maximum Gasteiger partial charge on any atom is 0.238 e. The lowest BCUT2D eigenvalue weighted by Crippen LogP contribution is -3.00. The average molecular weight is 448 g/mol. The van der Waals surface area contributed by atoms with Crippen molar-refractivity contribution in [2.45, 2.75) is 19.8 Å². The summed E-state index contributed by atoms with van der Waals surface area (Å²) in [6.07, 6.45) is 2.25. The summed E-state index contributed by atoms with van der Waals surface area (Å²) in [6, 6.07) is 21.1. The molecule has 3 nitrogen and oxygen atoms in total. The Balaban J connectivity index is 0.00000225. The number of benzene rings is 2. The molecule has 0 radical (unpaired) electrons. The number of rotatable bonds is 6. The highest BCUT2D eigenvalue weighted by Gasteiger charge is 2.19. The fourth-order valence-corrected chi connectivity index (χ4v) is 2.85. The summed E-state index contributed by atoms with van der Waals surface area (Å²) in [6.45, 7) is 2.96. The average Bonchev–Trinajstić information content (AvgIpc) is 2.92. The van der Waals surface area contributed by atoms with Gasteiger partial charge >= 0.3 is 0 Å². The van der Waals surface area contributed by atoms with Gasteiger partial charge in [0, 0.05) is 17.2 Å². The Bertz CT molecular complexity index is 795. The fraction of sp³-hybridized carbons (Fsp3) is 0.286. The van der Waals surface area contributed by atoms with Gasteiger partial charge in [0.25, 0.3) is 0 Å². The molecule has 1 aromatic heterocycles. The van der Waals surface area contributed by atoms with Crippen molar-refractivity contribution in [3.05, 3.63) is 60.7 Å². The van der Waals surface area contributed by atoms with Crippen LogP contribution in [0, 0.1) is 0 Å². The SMILES string of the molecule is CCCCOc1ccc(-c2cc(-c3ccccc3)[n+](C)n2C)cc1.[I-].